The molecule has 35 heavy (non-hydrogen) atoms. The third kappa shape index (κ3) is 6.27. The van der Waals surface area contributed by atoms with Crippen molar-refractivity contribution in [3.8, 4) is 22.6 Å². The number of ether oxygens (including phenoxy) is 2. The van der Waals surface area contributed by atoms with Gasteiger partial charge in [0.15, 0.2) is 11.5 Å². The molecule has 3 aromatic rings. The number of anilines is 1. The van der Waals surface area contributed by atoms with Gasteiger partial charge in [-0.25, -0.2) is 4.98 Å². The van der Waals surface area contributed by atoms with Crippen molar-refractivity contribution in [2.75, 3.05) is 25.1 Å². The minimum atomic E-state index is -1.06. The van der Waals surface area contributed by atoms with Gasteiger partial charge >= 0.3 is 5.97 Å². The first kappa shape index (κ1) is 24.5. The monoisotopic (exact) mass is 497 g/mol. The molecule has 0 bridgehead atoms. The maximum absolute atomic E-state index is 12.9. The maximum atomic E-state index is 12.9. The van der Waals surface area contributed by atoms with Crippen LogP contribution in [0.5, 0.6) is 11.5 Å². The second kappa shape index (κ2) is 11.2. The van der Waals surface area contributed by atoms with E-state index in [4.69, 9.17) is 26.2 Å². The van der Waals surface area contributed by atoms with Gasteiger partial charge in [-0.1, -0.05) is 35.9 Å². The topological polar surface area (TPSA) is 130 Å². The molecule has 0 radical (unpaired) electrons. The van der Waals surface area contributed by atoms with Crippen molar-refractivity contribution < 1.29 is 29.3 Å². The number of halogens is 1. The summed E-state index contributed by atoms with van der Waals surface area (Å²) >= 11 is 6.61. The number of pyridine rings is 1. The number of amides is 1. The van der Waals surface area contributed by atoms with E-state index in [0.717, 1.165) is 11.1 Å². The first-order valence-electron chi connectivity index (χ1n) is 11.0. The molecule has 9 nitrogen and oxygen atoms in total. The summed E-state index contributed by atoms with van der Waals surface area (Å²) in [6.45, 7) is 1.51. The molecule has 1 amide bonds. The molecule has 2 heterocycles. The summed E-state index contributed by atoms with van der Waals surface area (Å²) in [5, 5.41) is 24.3. The lowest BCUT2D eigenvalue weighted by Gasteiger charge is -2.19. The average Bonchev–Trinajstić information content (AvgIpc) is 2.84. The lowest BCUT2D eigenvalue weighted by Crippen LogP contribution is -2.28. The van der Waals surface area contributed by atoms with Crippen molar-refractivity contribution >= 4 is 29.3 Å². The molecule has 1 aromatic heterocycles. The Morgan fingerprint density at radius 3 is 2.63 bits per heavy atom. The Hall–Kier alpha value is -3.66. The molecule has 182 valence electrons. The molecule has 1 aliphatic heterocycles. The fourth-order valence-electron chi connectivity index (χ4n) is 3.58. The summed E-state index contributed by atoms with van der Waals surface area (Å²) in [6, 6.07) is 14.2. The van der Waals surface area contributed by atoms with Crippen LogP contribution in [0.25, 0.3) is 11.1 Å². The highest BCUT2D eigenvalue weighted by Crippen LogP contribution is 2.37. The third-order valence-electron chi connectivity index (χ3n) is 5.28. The van der Waals surface area contributed by atoms with E-state index >= 15 is 0 Å². The van der Waals surface area contributed by atoms with Gasteiger partial charge in [-0.05, 0) is 35.4 Å². The number of carboxylic acids is 1. The lowest BCUT2D eigenvalue weighted by molar-refractivity contribution is -0.139. The summed E-state index contributed by atoms with van der Waals surface area (Å²) in [5.74, 6) is 0.203. The maximum Gasteiger partial charge on any atom is 0.306 e. The molecular formula is C25H24ClN3O6. The molecule has 1 atom stereocenters. The van der Waals surface area contributed by atoms with Gasteiger partial charge in [-0.2, -0.15) is 0 Å². The number of hydrogen-bond acceptors (Lipinski definition) is 7. The van der Waals surface area contributed by atoms with Crippen molar-refractivity contribution in [1.82, 2.24) is 10.3 Å². The van der Waals surface area contributed by atoms with Crippen LogP contribution in [0, 0.1) is 0 Å². The Kier molecular flexibility index (Phi) is 7.81. The second-order valence-electron chi connectivity index (χ2n) is 7.91. The van der Waals surface area contributed by atoms with E-state index in [1.54, 1.807) is 30.5 Å². The number of aromatic nitrogens is 1. The van der Waals surface area contributed by atoms with Crippen LogP contribution in [0.4, 0.5) is 5.82 Å². The van der Waals surface area contributed by atoms with Crippen molar-refractivity contribution in [2.24, 2.45) is 0 Å². The Morgan fingerprint density at radius 1 is 1.09 bits per heavy atom. The average molecular weight is 498 g/mol. The van der Waals surface area contributed by atoms with Crippen LogP contribution >= 0.6 is 11.6 Å². The van der Waals surface area contributed by atoms with E-state index in [1.807, 2.05) is 24.3 Å². The summed E-state index contributed by atoms with van der Waals surface area (Å²) in [6.07, 6.45) is 0.287. The zero-order valence-electron chi connectivity index (χ0n) is 18.7. The zero-order valence-corrected chi connectivity index (χ0v) is 19.4. The van der Waals surface area contributed by atoms with Crippen LogP contribution in [0.1, 0.15) is 22.3 Å². The van der Waals surface area contributed by atoms with Gasteiger partial charge in [0.25, 0.3) is 5.91 Å². The van der Waals surface area contributed by atoms with E-state index in [1.165, 1.54) is 0 Å². The normalized spacial score (nSPS) is 13.2. The molecular weight excluding hydrogens is 474 g/mol. The van der Waals surface area contributed by atoms with Crippen molar-refractivity contribution in [3.63, 3.8) is 0 Å². The number of fused-ring (bicyclic) bond motifs is 1. The highest BCUT2D eigenvalue weighted by atomic mass is 35.5. The standard InChI is InChI=1S/C25H24ClN3O6/c26-24-18(16-5-6-20-21(10-16)35-9-8-34-20)2-1-3-19(24)25(33)29-22-7-4-15(13-28-22)12-27-14-17(30)11-23(31)32/h1-7,10,13,17,27,30H,8-9,11-12,14H2,(H,31,32)(H,28,29,33)/t17-/m0/s1. The summed E-state index contributed by atoms with van der Waals surface area (Å²) in [4.78, 5) is 27.7. The molecule has 10 heteroatoms. The molecule has 4 rings (SSSR count). The summed E-state index contributed by atoms with van der Waals surface area (Å²) < 4.78 is 11.2. The van der Waals surface area contributed by atoms with Gasteiger partial charge in [0.2, 0.25) is 0 Å². The number of hydrogen-bond donors (Lipinski definition) is 4. The molecule has 0 aliphatic carbocycles. The highest BCUT2D eigenvalue weighted by Gasteiger charge is 2.18. The Balaban J connectivity index is 1.40. The van der Waals surface area contributed by atoms with Crippen LogP contribution < -0.4 is 20.1 Å². The summed E-state index contributed by atoms with van der Waals surface area (Å²) in [7, 11) is 0. The molecule has 2 aromatic carbocycles. The zero-order chi connectivity index (χ0) is 24.8. The molecule has 0 fully saturated rings. The van der Waals surface area contributed by atoms with E-state index in [2.05, 4.69) is 15.6 Å². The second-order valence-corrected chi connectivity index (χ2v) is 8.29. The minimum Gasteiger partial charge on any atom is -0.486 e. The predicted molar refractivity (Wildman–Crippen MR) is 130 cm³/mol. The number of carbonyl (C=O) groups excluding carboxylic acids is 1. The SMILES string of the molecule is O=C(O)C[C@H](O)CNCc1ccc(NC(=O)c2cccc(-c3ccc4c(c3)OCCO4)c2Cl)nc1. The van der Waals surface area contributed by atoms with E-state index in [0.29, 0.717) is 53.2 Å². The molecule has 4 N–H and O–H groups in total. The van der Waals surface area contributed by atoms with Crippen LogP contribution in [0.15, 0.2) is 54.7 Å². The Bertz CT molecular complexity index is 1220. The number of carbonyl (C=O) groups is 2. The van der Waals surface area contributed by atoms with Crippen LogP contribution in [-0.2, 0) is 11.3 Å². The Labute approximate surface area is 206 Å². The predicted octanol–water partition coefficient (Wildman–Crippen LogP) is 3.35. The number of aliphatic carboxylic acids is 1. The van der Waals surface area contributed by atoms with E-state index in [9.17, 15) is 14.7 Å². The van der Waals surface area contributed by atoms with Crippen molar-refractivity contribution in [2.45, 2.75) is 19.1 Å². The van der Waals surface area contributed by atoms with Crippen LogP contribution in [0.2, 0.25) is 5.02 Å². The number of aliphatic hydroxyl groups is 1. The van der Waals surface area contributed by atoms with Gasteiger partial charge in [-0.15, -0.1) is 0 Å². The van der Waals surface area contributed by atoms with Gasteiger partial charge in [0.1, 0.15) is 19.0 Å². The summed E-state index contributed by atoms with van der Waals surface area (Å²) in [5.41, 5.74) is 2.61. The van der Waals surface area contributed by atoms with Crippen LogP contribution in [-0.4, -0.2) is 52.9 Å². The first-order valence-corrected chi connectivity index (χ1v) is 11.3. The molecule has 0 saturated carbocycles. The number of nitrogens with zero attached hydrogens (tertiary/aromatic N) is 1. The third-order valence-corrected chi connectivity index (χ3v) is 5.69. The number of carboxylic acid groups (broad SMARTS) is 1. The van der Waals surface area contributed by atoms with Crippen LogP contribution in [0.3, 0.4) is 0 Å². The Morgan fingerprint density at radius 2 is 1.89 bits per heavy atom. The van der Waals surface area contributed by atoms with Crippen molar-refractivity contribution in [1.29, 1.82) is 0 Å². The quantitative estimate of drug-likeness (QED) is 0.354. The number of rotatable bonds is 9. The van der Waals surface area contributed by atoms with Gasteiger partial charge < -0.3 is 30.3 Å². The van der Waals surface area contributed by atoms with E-state index in [-0.39, 0.29) is 13.0 Å². The highest BCUT2D eigenvalue weighted by molar-refractivity contribution is 6.37. The number of aliphatic hydroxyl groups excluding tert-OH is 1. The largest absolute Gasteiger partial charge is 0.486 e. The van der Waals surface area contributed by atoms with Crippen molar-refractivity contribution in [3.05, 3.63) is 70.9 Å². The van der Waals surface area contributed by atoms with Gasteiger partial charge in [-0.3, -0.25) is 9.59 Å². The fourth-order valence-corrected chi connectivity index (χ4v) is 3.91. The van der Waals surface area contributed by atoms with Gasteiger partial charge in [0, 0.05) is 24.8 Å². The fraction of sp³-hybridized carbons (Fsp3) is 0.240. The molecule has 0 unspecified atom stereocenters. The first-order chi connectivity index (χ1) is 16.9. The molecule has 1 aliphatic rings. The lowest BCUT2D eigenvalue weighted by atomic mass is 10.0. The molecule has 0 saturated heterocycles. The minimum absolute atomic E-state index is 0.142. The molecule has 0 spiro atoms. The number of nitrogens with one attached hydrogen (secondary N) is 2. The van der Waals surface area contributed by atoms with Gasteiger partial charge in [0.05, 0.1) is 23.1 Å². The van der Waals surface area contributed by atoms with E-state index < -0.39 is 18.0 Å². The number of benzene rings is 2. The smallest absolute Gasteiger partial charge is 0.306 e.